The summed E-state index contributed by atoms with van der Waals surface area (Å²) in [7, 11) is 4.17. The maximum absolute atomic E-state index is 5.14. The van der Waals surface area contributed by atoms with E-state index < -0.39 is 0 Å². The molecule has 0 N–H and O–H groups in total. The Kier molecular flexibility index (Phi) is 6.80. The van der Waals surface area contributed by atoms with E-state index in [0.29, 0.717) is 11.8 Å². The Balaban J connectivity index is 2.67. The standard InChI is InChI=1S/C23H35N3/c1-9-17-14-18(13-15(3)4)23(26(7)8)25-22(17)19-11-12-21(16(5)6)24-20(19)10-2/h11-12,14-16H,9-10,13H2,1-8H3. The third-order valence-corrected chi connectivity index (χ3v) is 4.77. The van der Waals surface area contributed by atoms with Crippen molar-refractivity contribution >= 4 is 5.82 Å². The minimum absolute atomic E-state index is 0.443. The summed E-state index contributed by atoms with van der Waals surface area (Å²) in [5.41, 5.74) is 7.26. The molecule has 0 amide bonds. The quantitative estimate of drug-likeness (QED) is 0.643. The van der Waals surface area contributed by atoms with E-state index in [-0.39, 0.29) is 0 Å². The summed E-state index contributed by atoms with van der Waals surface area (Å²) in [5, 5.41) is 0. The van der Waals surface area contributed by atoms with E-state index in [2.05, 4.69) is 78.7 Å². The van der Waals surface area contributed by atoms with Crippen molar-refractivity contribution in [2.24, 2.45) is 5.92 Å². The van der Waals surface area contributed by atoms with Gasteiger partial charge in [-0.05, 0) is 60.4 Å². The summed E-state index contributed by atoms with van der Waals surface area (Å²) in [6, 6.07) is 6.76. The second kappa shape index (κ2) is 8.66. The fraction of sp³-hybridized carbons (Fsp3) is 0.565. The third-order valence-electron chi connectivity index (χ3n) is 4.77. The number of hydrogen-bond acceptors (Lipinski definition) is 3. The first-order chi connectivity index (χ1) is 12.3. The summed E-state index contributed by atoms with van der Waals surface area (Å²) in [4.78, 5) is 12.2. The van der Waals surface area contributed by atoms with Crippen LogP contribution in [0, 0.1) is 5.92 Å². The number of pyridine rings is 2. The molecule has 2 rings (SSSR count). The Bertz CT molecular complexity index is 745. The van der Waals surface area contributed by atoms with Crippen molar-refractivity contribution in [2.45, 2.75) is 66.7 Å². The van der Waals surface area contributed by atoms with Gasteiger partial charge in [0.1, 0.15) is 5.82 Å². The molecule has 0 aliphatic heterocycles. The van der Waals surface area contributed by atoms with Gasteiger partial charge < -0.3 is 4.90 Å². The topological polar surface area (TPSA) is 29.0 Å². The van der Waals surface area contributed by atoms with Gasteiger partial charge in [-0.15, -0.1) is 0 Å². The molecule has 0 fully saturated rings. The lowest BCUT2D eigenvalue weighted by Crippen LogP contribution is -2.16. The Labute approximate surface area is 159 Å². The summed E-state index contributed by atoms with van der Waals surface area (Å²) in [6.07, 6.45) is 2.96. The van der Waals surface area contributed by atoms with Crippen molar-refractivity contribution in [3.8, 4) is 11.3 Å². The number of aromatic nitrogens is 2. The number of rotatable bonds is 7. The second-order valence-electron chi connectivity index (χ2n) is 8.06. The maximum atomic E-state index is 5.14. The van der Waals surface area contributed by atoms with E-state index in [1.807, 2.05) is 0 Å². The van der Waals surface area contributed by atoms with Gasteiger partial charge in [-0.1, -0.05) is 41.5 Å². The smallest absolute Gasteiger partial charge is 0.131 e. The molecular formula is C23H35N3. The van der Waals surface area contributed by atoms with Gasteiger partial charge in [0.05, 0.1) is 5.69 Å². The van der Waals surface area contributed by atoms with Gasteiger partial charge in [0.15, 0.2) is 0 Å². The van der Waals surface area contributed by atoms with Crippen LogP contribution in [0.3, 0.4) is 0 Å². The maximum Gasteiger partial charge on any atom is 0.131 e. The highest BCUT2D eigenvalue weighted by Crippen LogP contribution is 2.32. The molecule has 0 atom stereocenters. The largest absolute Gasteiger partial charge is 0.362 e. The Hall–Kier alpha value is -1.90. The minimum atomic E-state index is 0.443. The van der Waals surface area contributed by atoms with Gasteiger partial charge in [0.25, 0.3) is 0 Å². The molecule has 26 heavy (non-hydrogen) atoms. The Morgan fingerprint density at radius 2 is 1.62 bits per heavy atom. The second-order valence-corrected chi connectivity index (χ2v) is 8.06. The predicted octanol–water partition coefficient (Wildman–Crippen LogP) is 5.66. The zero-order valence-corrected chi connectivity index (χ0v) is 17.8. The van der Waals surface area contributed by atoms with E-state index in [0.717, 1.165) is 42.2 Å². The van der Waals surface area contributed by atoms with E-state index in [4.69, 9.17) is 9.97 Å². The van der Waals surface area contributed by atoms with E-state index >= 15 is 0 Å². The molecule has 2 heterocycles. The van der Waals surface area contributed by atoms with Crippen LogP contribution in [0.25, 0.3) is 11.3 Å². The van der Waals surface area contributed by atoms with Crippen molar-refractivity contribution in [1.82, 2.24) is 9.97 Å². The van der Waals surface area contributed by atoms with Crippen LogP contribution < -0.4 is 4.90 Å². The van der Waals surface area contributed by atoms with Gasteiger partial charge >= 0.3 is 0 Å². The fourth-order valence-corrected chi connectivity index (χ4v) is 3.40. The van der Waals surface area contributed by atoms with Gasteiger partial charge in [-0.25, -0.2) is 4.98 Å². The molecule has 0 unspecified atom stereocenters. The summed E-state index contributed by atoms with van der Waals surface area (Å²) in [5.74, 6) is 2.14. The van der Waals surface area contributed by atoms with E-state index in [9.17, 15) is 0 Å². The first kappa shape index (κ1) is 20.4. The third kappa shape index (κ3) is 4.44. The first-order valence-corrected chi connectivity index (χ1v) is 9.98. The van der Waals surface area contributed by atoms with Crippen LogP contribution in [-0.4, -0.2) is 24.1 Å². The first-order valence-electron chi connectivity index (χ1n) is 9.98. The fourth-order valence-electron chi connectivity index (χ4n) is 3.40. The molecule has 142 valence electrons. The minimum Gasteiger partial charge on any atom is -0.362 e. The molecule has 0 saturated carbocycles. The predicted molar refractivity (Wildman–Crippen MR) is 113 cm³/mol. The molecule has 0 radical (unpaired) electrons. The van der Waals surface area contributed by atoms with E-state index in [1.54, 1.807) is 0 Å². The molecule has 3 heteroatoms. The molecule has 2 aromatic rings. The number of nitrogens with zero attached hydrogens (tertiary/aromatic N) is 3. The van der Waals surface area contributed by atoms with Crippen LogP contribution in [0.2, 0.25) is 0 Å². The summed E-state index contributed by atoms with van der Waals surface area (Å²) >= 11 is 0. The summed E-state index contributed by atoms with van der Waals surface area (Å²) < 4.78 is 0. The normalized spacial score (nSPS) is 11.5. The van der Waals surface area contributed by atoms with Crippen molar-refractivity contribution in [3.63, 3.8) is 0 Å². The molecule has 0 bridgehead atoms. The van der Waals surface area contributed by atoms with Gasteiger partial charge in [0, 0.05) is 31.0 Å². The molecule has 0 saturated heterocycles. The highest BCUT2D eigenvalue weighted by atomic mass is 15.1. The Morgan fingerprint density at radius 1 is 0.923 bits per heavy atom. The van der Waals surface area contributed by atoms with Crippen LogP contribution in [0.15, 0.2) is 18.2 Å². The van der Waals surface area contributed by atoms with Crippen molar-refractivity contribution in [2.75, 3.05) is 19.0 Å². The number of aryl methyl sites for hydroxylation is 2. The van der Waals surface area contributed by atoms with Gasteiger partial charge in [-0.2, -0.15) is 0 Å². The highest BCUT2D eigenvalue weighted by Gasteiger charge is 2.18. The molecular weight excluding hydrogens is 318 g/mol. The van der Waals surface area contributed by atoms with Crippen LogP contribution in [0.5, 0.6) is 0 Å². The summed E-state index contributed by atoms with van der Waals surface area (Å²) in [6.45, 7) is 13.3. The molecule has 0 spiro atoms. The lowest BCUT2D eigenvalue weighted by molar-refractivity contribution is 0.644. The molecule has 0 aliphatic carbocycles. The van der Waals surface area contributed by atoms with Crippen molar-refractivity contribution < 1.29 is 0 Å². The number of hydrogen-bond donors (Lipinski definition) is 0. The molecule has 2 aromatic heterocycles. The van der Waals surface area contributed by atoms with Gasteiger partial charge in [-0.3, -0.25) is 4.98 Å². The monoisotopic (exact) mass is 353 g/mol. The zero-order valence-electron chi connectivity index (χ0n) is 17.8. The van der Waals surface area contributed by atoms with Crippen LogP contribution >= 0.6 is 0 Å². The van der Waals surface area contributed by atoms with Crippen molar-refractivity contribution in [3.05, 3.63) is 40.7 Å². The molecule has 0 aromatic carbocycles. The average molecular weight is 354 g/mol. The Morgan fingerprint density at radius 3 is 2.12 bits per heavy atom. The van der Waals surface area contributed by atoms with Gasteiger partial charge in [0.2, 0.25) is 0 Å². The van der Waals surface area contributed by atoms with Crippen LogP contribution in [0.4, 0.5) is 5.82 Å². The number of anilines is 1. The van der Waals surface area contributed by atoms with Crippen molar-refractivity contribution in [1.29, 1.82) is 0 Å². The van der Waals surface area contributed by atoms with Crippen LogP contribution in [0.1, 0.15) is 70.0 Å². The lowest BCUT2D eigenvalue weighted by Gasteiger charge is -2.22. The van der Waals surface area contributed by atoms with E-state index in [1.165, 1.54) is 16.7 Å². The molecule has 0 aliphatic rings. The average Bonchev–Trinajstić information content (AvgIpc) is 2.59. The zero-order chi connectivity index (χ0) is 19.4. The highest BCUT2D eigenvalue weighted by molar-refractivity contribution is 5.69. The SMILES string of the molecule is CCc1cc(CC(C)C)c(N(C)C)nc1-c1ccc(C(C)C)nc1CC. The lowest BCUT2D eigenvalue weighted by atomic mass is 9.95. The van der Waals surface area contributed by atoms with Crippen LogP contribution in [-0.2, 0) is 19.3 Å². The molecule has 3 nitrogen and oxygen atoms in total.